The number of amides is 2. The Kier molecular flexibility index (Phi) is 7.35. The second-order valence-corrected chi connectivity index (χ2v) is 7.92. The van der Waals surface area contributed by atoms with Crippen LogP contribution in [0.15, 0.2) is 42.9 Å². The molecule has 4 N–H and O–H groups in total. The molecule has 0 saturated carbocycles. The van der Waals surface area contributed by atoms with E-state index in [0.717, 1.165) is 30.5 Å². The van der Waals surface area contributed by atoms with Crippen molar-refractivity contribution in [1.82, 2.24) is 25.5 Å². The molecule has 160 valence electrons. The topological polar surface area (TPSA) is 113 Å². The van der Waals surface area contributed by atoms with Gasteiger partial charge in [-0.25, -0.2) is 4.98 Å². The lowest BCUT2D eigenvalue weighted by molar-refractivity contribution is -0.131. The normalized spacial score (nSPS) is 17.6. The fraction of sp³-hybridized carbons (Fsp3) is 0.455. The number of likely N-dealkylation sites (tertiary alicyclic amines) is 1. The average Bonchev–Trinajstić information content (AvgIpc) is 3.24. The van der Waals surface area contributed by atoms with E-state index in [1.54, 1.807) is 24.7 Å². The van der Waals surface area contributed by atoms with Gasteiger partial charge in [0.25, 0.3) is 0 Å². The molecule has 0 radical (unpaired) electrons. The summed E-state index contributed by atoms with van der Waals surface area (Å²) in [6.07, 6.45) is 7.19. The maximum absolute atomic E-state index is 13.0. The smallest absolute Gasteiger partial charge is 0.243 e. The van der Waals surface area contributed by atoms with E-state index < -0.39 is 6.04 Å². The zero-order valence-corrected chi connectivity index (χ0v) is 17.5. The summed E-state index contributed by atoms with van der Waals surface area (Å²) in [5, 5.41) is 5.89. The first-order valence-corrected chi connectivity index (χ1v) is 10.4. The van der Waals surface area contributed by atoms with Crippen molar-refractivity contribution in [2.45, 2.75) is 57.8 Å². The quantitative estimate of drug-likeness (QED) is 0.604. The lowest BCUT2D eigenvalue weighted by Gasteiger charge is -2.29. The Morgan fingerprint density at radius 1 is 1.20 bits per heavy atom. The first kappa shape index (κ1) is 21.7. The van der Waals surface area contributed by atoms with E-state index in [0.29, 0.717) is 18.8 Å². The molecule has 2 aromatic heterocycles. The van der Waals surface area contributed by atoms with Crippen molar-refractivity contribution in [3.63, 3.8) is 0 Å². The molecule has 0 aromatic carbocycles. The molecule has 1 aliphatic rings. The third kappa shape index (κ3) is 5.76. The van der Waals surface area contributed by atoms with Gasteiger partial charge >= 0.3 is 0 Å². The van der Waals surface area contributed by atoms with E-state index >= 15 is 0 Å². The van der Waals surface area contributed by atoms with Crippen molar-refractivity contribution in [2.24, 2.45) is 0 Å². The Morgan fingerprint density at radius 2 is 1.97 bits per heavy atom. The highest BCUT2D eigenvalue weighted by Crippen LogP contribution is 2.20. The molecular formula is C22H30N6O2. The highest BCUT2D eigenvalue weighted by molar-refractivity contribution is 5.90. The molecule has 2 atom stereocenters. The highest BCUT2D eigenvalue weighted by Gasteiger charge is 2.34. The standard InChI is InChI=1S/C22H30N6O2/c1-15(2)28-11-3-4-19(28)22(30)27-18(12-16-7-9-24-10-8-16)21(29)26-14-17-5-6-20(23)25-13-17/h5-10,13,15,18-19H,3-4,11-12,14H2,1-2H3,(H2,23,25)(H,26,29)(H,27,30)/t18-,19+/m0/s1. The molecule has 2 amide bonds. The predicted molar refractivity (Wildman–Crippen MR) is 115 cm³/mol. The number of hydrogen-bond acceptors (Lipinski definition) is 6. The van der Waals surface area contributed by atoms with Crippen LogP contribution < -0.4 is 16.4 Å². The number of aromatic nitrogens is 2. The number of hydrogen-bond donors (Lipinski definition) is 3. The van der Waals surface area contributed by atoms with E-state index in [2.05, 4.69) is 39.3 Å². The molecule has 3 heterocycles. The molecule has 0 spiro atoms. The maximum atomic E-state index is 13.0. The second-order valence-electron chi connectivity index (χ2n) is 7.92. The van der Waals surface area contributed by atoms with Crippen LogP contribution in [0.1, 0.15) is 37.8 Å². The van der Waals surface area contributed by atoms with Crippen LogP contribution in [0.25, 0.3) is 0 Å². The summed E-state index contributed by atoms with van der Waals surface area (Å²) >= 11 is 0. The van der Waals surface area contributed by atoms with Crippen LogP contribution in [0.4, 0.5) is 5.82 Å². The average molecular weight is 411 g/mol. The molecule has 0 unspecified atom stereocenters. The van der Waals surface area contributed by atoms with Crippen LogP contribution in [0.2, 0.25) is 0 Å². The molecule has 1 fully saturated rings. The van der Waals surface area contributed by atoms with Crippen LogP contribution >= 0.6 is 0 Å². The second kappa shape index (κ2) is 10.2. The number of anilines is 1. The molecule has 3 rings (SSSR count). The molecule has 1 saturated heterocycles. The Labute approximate surface area is 177 Å². The first-order chi connectivity index (χ1) is 14.4. The first-order valence-electron chi connectivity index (χ1n) is 10.4. The van der Waals surface area contributed by atoms with Gasteiger partial charge < -0.3 is 16.4 Å². The maximum Gasteiger partial charge on any atom is 0.243 e. The third-order valence-electron chi connectivity index (χ3n) is 5.40. The fourth-order valence-corrected chi connectivity index (χ4v) is 3.77. The predicted octanol–water partition coefficient (Wildman–Crippen LogP) is 1.28. The van der Waals surface area contributed by atoms with Crippen LogP contribution in [0, 0.1) is 0 Å². The van der Waals surface area contributed by atoms with Crippen molar-refractivity contribution in [2.75, 3.05) is 12.3 Å². The Morgan fingerprint density at radius 3 is 2.63 bits per heavy atom. The minimum absolute atomic E-state index is 0.0930. The summed E-state index contributed by atoms with van der Waals surface area (Å²) in [6, 6.07) is 6.64. The van der Waals surface area contributed by atoms with Gasteiger partial charge in [0.05, 0.1) is 6.04 Å². The summed E-state index contributed by atoms with van der Waals surface area (Å²) in [5.41, 5.74) is 7.39. The van der Waals surface area contributed by atoms with Gasteiger partial charge in [0.2, 0.25) is 11.8 Å². The van der Waals surface area contributed by atoms with Crippen LogP contribution in [0.5, 0.6) is 0 Å². The lowest BCUT2D eigenvalue weighted by atomic mass is 10.0. The monoisotopic (exact) mass is 410 g/mol. The number of pyridine rings is 2. The molecule has 0 bridgehead atoms. The molecule has 0 aliphatic carbocycles. The fourth-order valence-electron chi connectivity index (χ4n) is 3.77. The summed E-state index contributed by atoms with van der Waals surface area (Å²) in [7, 11) is 0. The minimum Gasteiger partial charge on any atom is -0.384 e. The van der Waals surface area contributed by atoms with E-state index in [4.69, 9.17) is 5.73 Å². The largest absolute Gasteiger partial charge is 0.384 e. The summed E-state index contributed by atoms with van der Waals surface area (Å²) in [6.45, 7) is 5.40. The molecule has 2 aromatic rings. The van der Waals surface area contributed by atoms with Gasteiger partial charge in [0.1, 0.15) is 11.9 Å². The van der Waals surface area contributed by atoms with Gasteiger partial charge in [-0.05, 0) is 62.6 Å². The van der Waals surface area contributed by atoms with Crippen LogP contribution in [0.3, 0.4) is 0 Å². The summed E-state index contributed by atoms with van der Waals surface area (Å²) < 4.78 is 0. The van der Waals surface area contributed by atoms with Gasteiger partial charge in [0.15, 0.2) is 0 Å². The highest BCUT2D eigenvalue weighted by atomic mass is 16.2. The number of nitrogen functional groups attached to an aromatic ring is 1. The van der Waals surface area contributed by atoms with E-state index in [9.17, 15) is 9.59 Å². The Hall–Kier alpha value is -3.00. The zero-order chi connectivity index (χ0) is 21.5. The summed E-state index contributed by atoms with van der Waals surface area (Å²) in [5.74, 6) is 0.106. The molecule has 30 heavy (non-hydrogen) atoms. The molecule has 8 heteroatoms. The Bertz CT molecular complexity index is 840. The van der Waals surface area contributed by atoms with Gasteiger partial charge in [0, 0.05) is 37.6 Å². The molecule has 8 nitrogen and oxygen atoms in total. The third-order valence-corrected chi connectivity index (χ3v) is 5.40. The minimum atomic E-state index is -0.670. The number of carbonyl (C=O) groups excluding carboxylic acids is 2. The number of nitrogens with zero attached hydrogens (tertiary/aromatic N) is 3. The zero-order valence-electron chi connectivity index (χ0n) is 17.5. The number of nitrogens with one attached hydrogen (secondary N) is 2. The van der Waals surface area contributed by atoms with Crippen molar-refractivity contribution in [3.05, 3.63) is 54.0 Å². The van der Waals surface area contributed by atoms with E-state index in [1.807, 2.05) is 18.2 Å². The van der Waals surface area contributed by atoms with Gasteiger partial charge in [-0.2, -0.15) is 0 Å². The van der Waals surface area contributed by atoms with E-state index in [-0.39, 0.29) is 23.9 Å². The SMILES string of the molecule is CC(C)N1CCC[C@@H]1C(=O)N[C@@H](Cc1ccncc1)C(=O)NCc1ccc(N)nc1. The van der Waals surface area contributed by atoms with Crippen molar-refractivity contribution >= 4 is 17.6 Å². The van der Waals surface area contributed by atoms with Gasteiger partial charge in [-0.3, -0.25) is 19.5 Å². The van der Waals surface area contributed by atoms with Crippen LogP contribution in [-0.4, -0.2) is 51.4 Å². The van der Waals surface area contributed by atoms with E-state index in [1.165, 1.54) is 0 Å². The number of nitrogens with two attached hydrogens (primary N) is 1. The molecular weight excluding hydrogens is 380 g/mol. The summed E-state index contributed by atoms with van der Waals surface area (Å²) in [4.78, 5) is 36.2. The van der Waals surface area contributed by atoms with Gasteiger partial charge in [-0.15, -0.1) is 0 Å². The van der Waals surface area contributed by atoms with Crippen molar-refractivity contribution < 1.29 is 9.59 Å². The van der Waals surface area contributed by atoms with Gasteiger partial charge in [-0.1, -0.05) is 6.07 Å². The Balaban J connectivity index is 1.68. The van der Waals surface area contributed by atoms with Crippen molar-refractivity contribution in [3.8, 4) is 0 Å². The number of carbonyl (C=O) groups is 2. The van der Waals surface area contributed by atoms with Crippen LogP contribution in [-0.2, 0) is 22.6 Å². The lowest BCUT2D eigenvalue weighted by Crippen LogP contribution is -2.53. The number of rotatable bonds is 8. The van der Waals surface area contributed by atoms with Crippen molar-refractivity contribution in [1.29, 1.82) is 0 Å². The molecule has 1 aliphatic heterocycles.